The number of carbonyl (C=O) groups excluding carboxylic acids is 2. The van der Waals surface area contributed by atoms with Gasteiger partial charge in [-0.05, 0) is 31.2 Å². The average Bonchev–Trinajstić information content (AvgIpc) is 2.55. The molecule has 0 fully saturated rings. The first-order valence-electron chi connectivity index (χ1n) is 6.97. The van der Waals surface area contributed by atoms with Crippen LogP contribution in [-0.4, -0.2) is 25.6 Å². The molecule has 0 atom stereocenters. The summed E-state index contributed by atoms with van der Waals surface area (Å²) in [6.07, 6.45) is 0. The maximum absolute atomic E-state index is 13.9. The van der Waals surface area contributed by atoms with E-state index >= 15 is 0 Å². The van der Waals surface area contributed by atoms with Gasteiger partial charge in [-0.1, -0.05) is 12.1 Å². The Bertz CT molecular complexity index is 730. The number of esters is 1. The van der Waals surface area contributed by atoms with E-state index in [0.717, 1.165) is 6.07 Å². The van der Waals surface area contributed by atoms with Gasteiger partial charge in [0.15, 0.2) is 0 Å². The van der Waals surface area contributed by atoms with Crippen LogP contribution in [0.3, 0.4) is 0 Å². The zero-order valence-electron chi connectivity index (χ0n) is 12.8. The highest BCUT2D eigenvalue weighted by molar-refractivity contribution is 6.08. The summed E-state index contributed by atoms with van der Waals surface area (Å²) >= 11 is 0. The van der Waals surface area contributed by atoms with Crippen LogP contribution in [0.1, 0.15) is 27.6 Å². The van der Waals surface area contributed by atoms with Crippen LogP contribution >= 0.6 is 0 Å². The van der Waals surface area contributed by atoms with Crippen molar-refractivity contribution in [2.45, 2.75) is 6.92 Å². The molecule has 0 spiro atoms. The molecule has 0 saturated carbocycles. The third-order valence-corrected chi connectivity index (χ3v) is 3.09. The summed E-state index contributed by atoms with van der Waals surface area (Å²) in [4.78, 5) is 24.1. The number of amides is 1. The molecule has 0 aliphatic heterocycles. The van der Waals surface area contributed by atoms with Crippen LogP contribution in [0.15, 0.2) is 42.5 Å². The number of hydrogen-bond donors (Lipinski definition) is 1. The van der Waals surface area contributed by atoms with Crippen LogP contribution in [0.2, 0.25) is 0 Å². The predicted octanol–water partition coefficient (Wildman–Crippen LogP) is 3.26. The van der Waals surface area contributed by atoms with E-state index in [4.69, 9.17) is 9.47 Å². The Balaban J connectivity index is 2.26. The van der Waals surface area contributed by atoms with Gasteiger partial charge in [0.05, 0.1) is 30.5 Å². The third-order valence-electron chi connectivity index (χ3n) is 3.09. The lowest BCUT2D eigenvalue weighted by Crippen LogP contribution is -2.17. The highest BCUT2D eigenvalue weighted by atomic mass is 19.1. The molecule has 0 bridgehead atoms. The Kier molecular flexibility index (Phi) is 5.30. The number of hydrogen-bond acceptors (Lipinski definition) is 4. The fourth-order valence-electron chi connectivity index (χ4n) is 1.98. The number of methoxy groups -OCH3 is 1. The molecule has 0 radical (unpaired) electrons. The van der Waals surface area contributed by atoms with Gasteiger partial charge in [0.1, 0.15) is 11.6 Å². The first kappa shape index (κ1) is 16.5. The normalized spacial score (nSPS) is 10.0. The van der Waals surface area contributed by atoms with Crippen molar-refractivity contribution in [2.24, 2.45) is 0 Å². The van der Waals surface area contributed by atoms with E-state index < -0.39 is 17.7 Å². The molecule has 5 nitrogen and oxygen atoms in total. The van der Waals surface area contributed by atoms with Gasteiger partial charge in [0, 0.05) is 6.07 Å². The Morgan fingerprint density at radius 1 is 1.13 bits per heavy atom. The van der Waals surface area contributed by atoms with Crippen molar-refractivity contribution < 1.29 is 23.5 Å². The number of para-hydroxylation sites is 1. The number of nitrogens with one attached hydrogen (secondary N) is 1. The molecule has 0 heterocycles. The number of anilines is 1. The predicted molar refractivity (Wildman–Crippen MR) is 83.3 cm³/mol. The van der Waals surface area contributed by atoms with Gasteiger partial charge in [0.25, 0.3) is 5.91 Å². The lowest BCUT2D eigenvalue weighted by atomic mass is 10.1. The van der Waals surface area contributed by atoms with Gasteiger partial charge in [-0.2, -0.15) is 0 Å². The molecule has 120 valence electrons. The van der Waals surface area contributed by atoms with Gasteiger partial charge in [-0.25, -0.2) is 9.18 Å². The second-order valence-electron chi connectivity index (χ2n) is 4.57. The molecule has 6 heteroatoms. The molecule has 2 aromatic carbocycles. The molecule has 2 aromatic rings. The van der Waals surface area contributed by atoms with Gasteiger partial charge >= 0.3 is 5.97 Å². The minimum absolute atomic E-state index is 0.149. The number of halogens is 1. The fraction of sp³-hybridized carbons (Fsp3) is 0.176. The minimum Gasteiger partial charge on any atom is -0.497 e. The van der Waals surface area contributed by atoms with E-state index in [0.29, 0.717) is 5.75 Å². The molecule has 23 heavy (non-hydrogen) atoms. The molecule has 2 rings (SSSR count). The highest BCUT2D eigenvalue weighted by Crippen LogP contribution is 2.20. The minimum atomic E-state index is -0.713. The Morgan fingerprint density at radius 3 is 2.52 bits per heavy atom. The third kappa shape index (κ3) is 3.85. The molecule has 0 aromatic heterocycles. The summed E-state index contributed by atoms with van der Waals surface area (Å²) in [5, 5.41) is 2.52. The van der Waals surface area contributed by atoms with Gasteiger partial charge < -0.3 is 14.8 Å². The number of rotatable bonds is 5. The number of ether oxygens (including phenoxy) is 2. The van der Waals surface area contributed by atoms with Crippen molar-refractivity contribution >= 4 is 17.6 Å². The SMILES string of the molecule is CCOC(=O)c1ccccc1NC(=O)c1ccc(OC)cc1F. The second-order valence-corrected chi connectivity index (χ2v) is 4.57. The van der Waals surface area contributed by atoms with Crippen molar-refractivity contribution in [2.75, 3.05) is 19.0 Å². The first-order chi connectivity index (χ1) is 11.1. The quantitative estimate of drug-likeness (QED) is 0.860. The van der Waals surface area contributed by atoms with Crippen molar-refractivity contribution in [3.63, 3.8) is 0 Å². The summed E-state index contributed by atoms with van der Waals surface area (Å²) in [7, 11) is 1.41. The fourth-order valence-corrected chi connectivity index (χ4v) is 1.98. The lowest BCUT2D eigenvalue weighted by molar-refractivity contribution is 0.0527. The maximum Gasteiger partial charge on any atom is 0.340 e. The van der Waals surface area contributed by atoms with Crippen LogP contribution in [0.25, 0.3) is 0 Å². The van der Waals surface area contributed by atoms with Crippen LogP contribution in [-0.2, 0) is 4.74 Å². The standard InChI is InChI=1S/C17H16FNO4/c1-3-23-17(21)13-6-4-5-7-15(13)19-16(20)12-9-8-11(22-2)10-14(12)18/h4-10H,3H2,1-2H3,(H,19,20). The largest absolute Gasteiger partial charge is 0.497 e. The summed E-state index contributed by atoms with van der Waals surface area (Å²) in [5.74, 6) is -1.62. The number of benzene rings is 2. The van der Waals surface area contributed by atoms with Gasteiger partial charge in [-0.3, -0.25) is 4.79 Å². The van der Waals surface area contributed by atoms with Crippen LogP contribution in [0.4, 0.5) is 10.1 Å². The van der Waals surface area contributed by atoms with Gasteiger partial charge in [0.2, 0.25) is 0 Å². The Labute approximate surface area is 133 Å². The first-order valence-corrected chi connectivity index (χ1v) is 6.97. The van der Waals surface area contributed by atoms with E-state index in [1.54, 1.807) is 25.1 Å². The topological polar surface area (TPSA) is 64.6 Å². The van der Waals surface area contributed by atoms with Crippen molar-refractivity contribution in [1.29, 1.82) is 0 Å². The van der Waals surface area contributed by atoms with Gasteiger partial charge in [-0.15, -0.1) is 0 Å². The molecule has 0 saturated heterocycles. The van der Waals surface area contributed by atoms with E-state index in [-0.39, 0.29) is 23.4 Å². The van der Waals surface area contributed by atoms with Crippen molar-refractivity contribution in [3.8, 4) is 5.75 Å². The van der Waals surface area contributed by atoms with Crippen LogP contribution in [0, 0.1) is 5.82 Å². The summed E-state index contributed by atoms with van der Waals surface area (Å²) in [6, 6.07) is 10.3. The maximum atomic E-state index is 13.9. The second kappa shape index (κ2) is 7.40. The van der Waals surface area contributed by atoms with Crippen LogP contribution in [0.5, 0.6) is 5.75 Å². The molecule has 1 N–H and O–H groups in total. The monoisotopic (exact) mass is 317 g/mol. The Morgan fingerprint density at radius 2 is 1.87 bits per heavy atom. The highest BCUT2D eigenvalue weighted by Gasteiger charge is 2.17. The molecule has 0 aliphatic carbocycles. The zero-order chi connectivity index (χ0) is 16.8. The zero-order valence-corrected chi connectivity index (χ0v) is 12.8. The molecular formula is C17H16FNO4. The summed E-state index contributed by atoms with van der Waals surface area (Å²) < 4.78 is 23.8. The molecular weight excluding hydrogens is 301 g/mol. The molecule has 1 amide bonds. The molecule has 0 aliphatic rings. The lowest BCUT2D eigenvalue weighted by Gasteiger charge is -2.11. The van der Waals surface area contributed by atoms with Crippen molar-refractivity contribution in [3.05, 3.63) is 59.4 Å². The van der Waals surface area contributed by atoms with Crippen LogP contribution < -0.4 is 10.1 Å². The number of carbonyl (C=O) groups is 2. The smallest absolute Gasteiger partial charge is 0.340 e. The van der Waals surface area contributed by atoms with E-state index in [1.165, 1.54) is 25.3 Å². The van der Waals surface area contributed by atoms with E-state index in [2.05, 4.69) is 5.32 Å². The van der Waals surface area contributed by atoms with E-state index in [9.17, 15) is 14.0 Å². The van der Waals surface area contributed by atoms with Crippen molar-refractivity contribution in [1.82, 2.24) is 0 Å². The average molecular weight is 317 g/mol. The van der Waals surface area contributed by atoms with E-state index in [1.807, 2.05) is 0 Å². The molecule has 0 unspecified atom stereocenters. The summed E-state index contributed by atoms with van der Waals surface area (Å²) in [5.41, 5.74) is 0.312. The summed E-state index contributed by atoms with van der Waals surface area (Å²) in [6.45, 7) is 1.90. The Hall–Kier alpha value is -2.89.